The maximum Gasteiger partial charge on any atom is 0.258 e. The molecule has 0 saturated carbocycles. The molecule has 1 aliphatic rings. The molecule has 1 fully saturated rings. The molecule has 0 spiro atoms. The molecule has 35 heavy (non-hydrogen) atoms. The first-order chi connectivity index (χ1) is 16.6. The number of aliphatic hydroxyl groups is 2. The second-order valence-electron chi connectivity index (χ2n) is 9.87. The van der Waals surface area contributed by atoms with Gasteiger partial charge < -0.3 is 20.1 Å². The maximum absolute atomic E-state index is 13.3. The van der Waals surface area contributed by atoms with Crippen molar-refractivity contribution in [2.45, 2.75) is 57.7 Å². The van der Waals surface area contributed by atoms with E-state index in [-0.39, 0.29) is 22.8 Å². The summed E-state index contributed by atoms with van der Waals surface area (Å²) < 4.78 is 13.3. The smallest absolute Gasteiger partial charge is 0.258 e. The predicted molar refractivity (Wildman–Crippen MR) is 131 cm³/mol. The Morgan fingerprint density at radius 1 is 1.20 bits per heavy atom. The number of piperidine rings is 1. The number of fused-ring (bicyclic) bond motifs is 1. The van der Waals surface area contributed by atoms with E-state index in [9.17, 15) is 24.2 Å². The molecule has 1 atom stereocenters. The number of likely N-dealkylation sites (tertiary alicyclic amines) is 1. The molecule has 8 heteroatoms. The molecule has 1 amide bonds. The molecule has 2 heterocycles. The van der Waals surface area contributed by atoms with Crippen molar-refractivity contribution in [2.24, 2.45) is 5.92 Å². The Kier molecular flexibility index (Phi) is 7.33. The van der Waals surface area contributed by atoms with Crippen molar-refractivity contribution in [3.05, 3.63) is 75.6 Å². The number of benzene rings is 2. The largest absolute Gasteiger partial charge is 0.388 e. The summed E-state index contributed by atoms with van der Waals surface area (Å²) in [6, 6.07) is 11.3. The van der Waals surface area contributed by atoms with E-state index in [0.717, 1.165) is 24.0 Å². The molecule has 1 unspecified atom stereocenters. The van der Waals surface area contributed by atoms with E-state index in [0.29, 0.717) is 43.7 Å². The van der Waals surface area contributed by atoms with Crippen LogP contribution in [0.25, 0.3) is 10.9 Å². The summed E-state index contributed by atoms with van der Waals surface area (Å²) in [5.41, 5.74) is 0.750. The van der Waals surface area contributed by atoms with Gasteiger partial charge in [-0.3, -0.25) is 9.59 Å². The van der Waals surface area contributed by atoms with Gasteiger partial charge in [-0.2, -0.15) is 0 Å². The number of nitrogens with zero attached hydrogens (tertiary/aromatic N) is 2. The zero-order valence-corrected chi connectivity index (χ0v) is 20.1. The van der Waals surface area contributed by atoms with Gasteiger partial charge in [-0.15, -0.1) is 0 Å². The van der Waals surface area contributed by atoms with E-state index in [4.69, 9.17) is 0 Å². The van der Waals surface area contributed by atoms with Gasteiger partial charge >= 0.3 is 0 Å². The minimum absolute atomic E-state index is 0.0534. The number of carbonyl (C=O) groups excluding carboxylic acids is 1. The summed E-state index contributed by atoms with van der Waals surface area (Å²) in [5, 5.41) is 21.1. The van der Waals surface area contributed by atoms with Crippen LogP contribution < -0.4 is 5.56 Å². The fourth-order valence-electron chi connectivity index (χ4n) is 4.67. The van der Waals surface area contributed by atoms with Crippen molar-refractivity contribution in [3.63, 3.8) is 0 Å². The van der Waals surface area contributed by atoms with Crippen LogP contribution in [0.1, 0.15) is 62.6 Å². The highest BCUT2D eigenvalue weighted by molar-refractivity contribution is 5.77. The van der Waals surface area contributed by atoms with Crippen LogP contribution in [0.2, 0.25) is 0 Å². The summed E-state index contributed by atoms with van der Waals surface area (Å²) in [6.07, 6.45) is 2.17. The molecule has 1 aliphatic heterocycles. The van der Waals surface area contributed by atoms with Crippen molar-refractivity contribution in [1.82, 2.24) is 14.9 Å². The second-order valence-corrected chi connectivity index (χ2v) is 9.87. The number of halogens is 1. The lowest BCUT2D eigenvalue weighted by Crippen LogP contribution is -2.39. The first-order valence-corrected chi connectivity index (χ1v) is 12.1. The van der Waals surface area contributed by atoms with Crippen molar-refractivity contribution in [2.75, 3.05) is 13.1 Å². The third-order valence-electron chi connectivity index (χ3n) is 6.82. The number of nitrogens with one attached hydrogen (secondary N) is 1. The maximum atomic E-state index is 13.3. The van der Waals surface area contributed by atoms with Crippen molar-refractivity contribution in [1.29, 1.82) is 0 Å². The Morgan fingerprint density at radius 2 is 1.89 bits per heavy atom. The van der Waals surface area contributed by atoms with Gasteiger partial charge in [0.1, 0.15) is 11.6 Å². The molecule has 0 aliphatic carbocycles. The van der Waals surface area contributed by atoms with Crippen molar-refractivity contribution < 1.29 is 19.4 Å². The van der Waals surface area contributed by atoms with E-state index in [1.807, 2.05) is 29.2 Å². The number of aryl methyl sites for hydroxylation is 1. The number of aromatic nitrogens is 2. The fraction of sp³-hybridized carbons (Fsp3) is 0.444. The van der Waals surface area contributed by atoms with Crippen molar-refractivity contribution >= 4 is 16.8 Å². The number of hydrogen-bond acceptors (Lipinski definition) is 5. The van der Waals surface area contributed by atoms with Crippen molar-refractivity contribution in [3.8, 4) is 0 Å². The third-order valence-corrected chi connectivity index (χ3v) is 6.82. The number of hydrogen-bond donors (Lipinski definition) is 3. The molecule has 0 bridgehead atoms. The van der Waals surface area contributed by atoms with Crippen LogP contribution in [-0.4, -0.2) is 44.1 Å². The average molecular weight is 482 g/mol. The molecule has 0 radical (unpaired) electrons. The summed E-state index contributed by atoms with van der Waals surface area (Å²) in [6.45, 7) is 4.65. The molecule has 7 nitrogen and oxygen atoms in total. The molecule has 3 N–H and O–H groups in total. The van der Waals surface area contributed by atoms with E-state index in [2.05, 4.69) is 9.97 Å². The molecule has 3 aromatic rings. The van der Waals surface area contributed by atoms with Crippen LogP contribution in [0.3, 0.4) is 0 Å². The molecular weight excluding hydrogens is 449 g/mol. The van der Waals surface area contributed by atoms with E-state index >= 15 is 0 Å². The highest BCUT2D eigenvalue weighted by Gasteiger charge is 2.28. The number of carbonyl (C=O) groups is 1. The number of amides is 1. The number of H-pyrrole nitrogens is 1. The molecule has 1 saturated heterocycles. The highest BCUT2D eigenvalue weighted by Crippen LogP contribution is 2.32. The van der Waals surface area contributed by atoms with Gasteiger partial charge in [0, 0.05) is 25.9 Å². The lowest BCUT2D eigenvalue weighted by molar-refractivity contribution is -0.133. The normalized spacial score (nSPS) is 16.0. The van der Waals surface area contributed by atoms with E-state index in [1.54, 1.807) is 13.8 Å². The van der Waals surface area contributed by atoms with Gasteiger partial charge in [0.15, 0.2) is 0 Å². The number of aliphatic hydroxyl groups excluding tert-OH is 1. The quantitative estimate of drug-likeness (QED) is 0.478. The van der Waals surface area contributed by atoms with E-state index in [1.165, 1.54) is 18.2 Å². The summed E-state index contributed by atoms with van der Waals surface area (Å²) in [5.74, 6) is 0.129. The topological polar surface area (TPSA) is 107 Å². The molecular formula is C27H32FN3O4. The van der Waals surface area contributed by atoms with Crippen LogP contribution in [0.15, 0.2) is 47.3 Å². The molecule has 186 valence electrons. The fourth-order valence-corrected chi connectivity index (χ4v) is 4.67. The minimum atomic E-state index is -0.922. The Bertz CT molecular complexity index is 1240. The molecule has 2 aromatic carbocycles. The first kappa shape index (κ1) is 25.0. The Balaban J connectivity index is 1.26. The summed E-state index contributed by atoms with van der Waals surface area (Å²) in [4.78, 5) is 33.7. The zero-order chi connectivity index (χ0) is 25.2. The lowest BCUT2D eigenvalue weighted by Gasteiger charge is -2.34. The van der Waals surface area contributed by atoms with Gasteiger partial charge in [-0.25, -0.2) is 9.37 Å². The Morgan fingerprint density at radius 3 is 2.54 bits per heavy atom. The van der Waals surface area contributed by atoms with Crippen LogP contribution in [0.5, 0.6) is 0 Å². The Hall–Kier alpha value is -3.10. The average Bonchev–Trinajstić information content (AvgIpc) is 2.83. The minimum Gasteiger partial charge on any atom is -0.388 e. The van der Waals surface area contributed by atoms with Gasteiger partial charge in [-0.05, 0) is 68.4 Å². The SMILES string of the molecule is CC(C)(O)c1ccc(C(O)C2CCN(C(=O)CCCc3nc4ccc(F)cc4c(=O)[nH]3)CC2)cc1. The van der Waals surface area contributed by atoms with Gasteiger partial charge in [0.2, 0.25) is 5.91 Å². The Labute approximate surface area is 203 Å². The lowest BCUT2D eigenvalue weighted by atomic mass is 9.86. The molecule has 4 rings (SSSR count). The second kappa shape index (κ2) is 10.3. The predicted octanol–water partition coefficient (Wildman–Crippen LogP) is 3.58. The van der Waals surface area contributed by atoms with Crippen LogP contribution in [0.4, 0.5) is 4.39 Å². The third kappa shape index (κ3) is 5.94. The number of aromatic amines is 1. The molecule has 1 aromatic heterocycles. The number of rotatable bonds is 7. The monoisotopic (exact) mass is 481 g/mol. The van der Waals surface area contributed by atoms with Crippen LogP contribution in [0, 0.1) is 11.7 Å². The standard InChI is InChI=1S/C27H32FN3O4/c1-27(2,35)19-8-6-17(7-9-19)25(33)18-12-14-31(15-13-18)24(32)5-3-4-23-29-22-11-10-20(28)16-21(22)26(34)30-23/h6-11,16,18,25,33,35H,3-5,12-15H2,1-2H3,(H,29,30,34). The summed E-state index contributed by atoms with van der Waals surface area (Å²) in [7, 11) is 0. The zero-order valence-electron chi connectivity index (χ0n) is 20.1. The highest BCUT2D eigenvalue weighted by atomic mass is 19.1. The van der Waals surface area contributed by atoms with Gasteiger partial charge in [0.05, 0.1) is 22.6 Å². The van der Waals surface area contributed by atoms with Crippen LogP contribution >= 0.6 is 0 Å². The van der Waals surface area contributed by atoms with E-state index < -0.39 is 17.5 Å². The van der Waals surface area contributed by atoms with Gasteiger partial charge in [-0.1, -0.05) is 24.3 Å². The summed E-state index contributed by atoms with van der Waals surface area (Å²) >= 11 is 0. The first-order valence-electron chi connectivity index (χ1n) is 12.1. The van der Waals surface area contributed by atoms with Gasteiger partial charge in [0.25, 0.3) is 5.56 Å². The van der Waals surface area contributed by atoms with Crippen LogP contribution in [-0.2, 0) is 16.8 Å².